The molecule has 176 valence electrons. The van der Waals surface area contributed by atoms with Gasteiger partial charge in [0.05, 0.1) is 0 Å². The number of fused-ring (bicyclic) bond motifs is 1. The summed E-state index contributed by atoms with van der Waals surface area (Å²) in [6.07, 6.45) is 11.8. The van der Waals surface area contributed by atoms with Crippen molar-refractivity contribution < 1.29 is 14.3 Å². The summed E-state index contributed by atoms with van der Waals surface area (Å²) < 4.78 is 5.55. The van der Waals surface area contributed by atoms with Crippen LogP contribution in [0, 0.1) is 5.92 Å². The maximum atomic E-state index is 12.5. The summed E-state index contributed by atoms with van der Waals surface area (Å²) in [5.41, 5.74) is 3.01. The average molecular weight is 461 g/mol. The van der Waals surface area contributed by atoms with Crippen molar-refractivity contribution in [3.05, 3.63) is 39.9 Å². The van der Waals surface area contributed by atoms with E-state index >= 15 is 0 Å². The van der Waals surface area contributed by atoms with Gasteiger partial charge in [-0.3, -0.25) is 4.79 Å². The standard InChI is InChI=1S/C26H37ClN2O3/c1-26(2,3)32-25(31)29-17-14-19-12-13-23(27)22(21(19)15-18-29)11-5-4-8-16-28-24(30)20-9-6-7-10-20/h5,11-13,20H,4,6-10,14-18H2,1-3H3,(H,28,30)/b11-5+. The first kappa shape index (κ1) is 24.6. The molecule has 32 heavy (non-hydrogen) atoms. The van der Waals surface area contributed by atoms with Gasteiger partial charge in [-0.25, -0.2) is 4.79 Å². The van der Waals surface area contributed by atoms with Gasteiger partial charge in [0.1, 0.15) is 5.60 Å². The number of carbonyl (C=O) groups excluding carboxylic acids is 2. The first-order chi connectivity index (χ1) is 15.2. The van der Waals surface area contributed by atoms with Crippen molar-refractivity contribution in [1.29, 1.82) is 0 Å². The molecule has 5 nitrogen and oxygen atoms in total. The highest BCUT2D eigenvalue weighted by Gasteiger charge is 2.25. The van der Waals surface area contributed by atoms with E-state index in [0.717, 1.165) is 49.1 Å². The Balaban J connectivity index is 1.54. The van der Waals surface area contributed by atoms with E-state index in [-0.39, 0.29) is 17.9 Å². The summed E-state index contributed by atoms with van der Waals surface area (Å²) in [4.78, 5) is 26.4. The Morgan fingerprint density at radius 1 is 1.19 bits per heavy atom. The highest BCUT2D eigenvalue weighted by Crippen LogP contribution is 2.29. The quantitative estimate of drug-likeness (QED) is 0.547. The van der Waals surface area contributed by atoms with Crippen LogP contribution in [0.3, 0.4) is 0 Å². The number of halogens is 1. The molecule has 1 saturated carbocycles. The second kappa shape index (κ2) is 11.2. The number of benzene rings is 1. The van der Waals surface area contributed by atoms with Crippen LogP contribution < -0.4 is 5.32 Å². The van der Waals surface area contributed by atoms with Gasteiger partial charge in [-0.05, 0) is 82.1 Å². The summed E-state index contributed by atoms with van der Waals surface area (Å²) in [5, 5.41) is 3.81. The molecule has 2 amide bonds. The Kier molecular flexibility index (Phi) is 8.64. The molecule has 2 aliphatic rings. The van der Waals surface area contributed by atoms with Crippen molar-refractivity contribution in [3.8, 4) is 0 Å². The second-order valence-electron chi connectivity index (χ2n) is 9.88. The maximum absolute atomic E-state index is 12.5. The van der Waals surface area contributed by atoms with Crippen LogP contribution in [0.5, 0.6) is 0 Å². The zero-order valence-corrected chi connectivity index (χ0v) is 20.5. The molecule has 3 rings (SSSR count). The Labute approximate surface area is 197 Å². The van der Waals surface area contributed by atoms with Crippen LogP contribution in [-0.2, 0) is 22.4 Å². The van der Waals surface area contributed by atoms with E-state index in [1.807, 2.05) is 26.8 Å². The first-order valence-electron chi connectivity index (χ1n) is 12.0. The van der Waals surface area contributed by atoms with Crippen molar-refractivity contribution in [3.63, 3.8) is 0 Å². The van der Waals surface area contributed by atoms with Crippen LogP contribution in [0.2, 0.25) is 5.02 Å². The van der Waals surface area contributed by atoms with Crippen molar-refractivity contribution in [2.75, 3.05) is 19.6 Å². The molecule has 0 unspecified atom stereocenters. The summed E-state index contributed by atoms with van der Waals surface area (Å²) in [5.74, 6) is 0.446. The predicted molar refractivity (Wildman–Crippen MR) is 130 cm³/mol. The maximum Gasteiger partial charge on any atom is 0.410 e. The molecule has 0 saturated heterocycles. The zero-order valence-electron chi connectivity index (χ0n) is 19.7. The lowest BCUT2D eigenvalue weighted by atomic mass is 9.96. The Morgan fingerprint density at radius 2 is 1.91 bits per heavy atom. The highest BCUT2D eigenvalue weighted by atomic mass is 35.5. The van der Waals surface area contributed by atoms with Gasteiger partial charge in [0, 0.05) is 30.6 Å². The van der Waals surface area contributed by atoms with Gasteiger partial charge in [-0.2, -0.15) is 0 Å². The van der Waals surface area contributed by atoms with E-state index in [4.69, 9.17) is 16.3 Å². The fourth-order valence-corrected chi connectivity index (χ4v) is 4.72. The van der Waals surface area contributed by atoms with Crippen molar-refractivity contribution in [2.45, 2.75) is 77.7 Å². The third-order valence-electron chi connectivity index (χ3n) is 6.19. The molecule has 1 N–H and O–H groups in total. The predicted octanol–water partition coefficient (Wildman–Crippen LogP) is 5.78. The van der Waals surface area contributed by atoms with E-state index < -0.39 is 5.60 Å². The largest absolute Gasteiger partial charge is 0.444 e. The number of hydrogen-bond acceptors (Lipinski definition) is 3. The van der Waals surface area contributed by atoms with Crippen LogP contribution in [0.4, 0.5) is 4.79 Å². The zero-order chi connectivity index (χ0) is 23.1. The number of nitrogens with one attached hydrogen (secondary N) is 1. The molecule has 0 radical (unpaired) electrons. The van der Waals surface area contributed by atoms with Gasteiger partial charge in [0.2, 0.25) is 5.91 Å². The topological polar surface area (TPSA) is 58.6 Å². The van der Waals surface area contributed by atoms with Crippen molar-refractivity contribution in [2.24, 2.45) is 5.92 Å². The van der Waals surface area contributed by atoms with Crippen molar-refractivity contribution in [1.82, 2.24) is 10.2 Å². The van der Waals surface area contributed by atoms with E-state index in [1.165, 1.54) is 24.0 Å². The van der Waals surface area contributed by atoms with Gasteiger partial charge in [0.15, 0.2) is 0 Å². The lowest BCUT2D eigenvalue weighted by molar-refractivity contribution is -0.124. The Bertz CT molecular complexity index is 838. The molecular formula is C26H37ClN2O3. The number of carbonyl (C=O) groups is 2. The molecule has 1 aromatic rings. The molecule has 1 aliphatic heterocycles. The monoisotopic (exact) mass is 460 g/mol. The molecule has 0 aromatic heterocycles. The molecular weight excluding hydrogens is 424 g/mol. The number of allylic oxidation sites excluding steroid dienone is 1. The number of rotatable bonds is 6. The van der Waals surface area contributed by atoms with Crippen molar-refractivity contribution >= 4 is 29.7 Å². The summed E-state index contributed by atoms with van der Waals surface area (Å²) in [6, 6.07) is 4.02. The molecule has 1 fully saturated rings. The Morgan fingerprint density at radius 3 is 2.62 bits per heavy atom. The van der Waals surface area contributed by atoms with E-state index in [9.17, 15) is 9.59 Å². The fourth-order valence-electron chi connectivity index (χ4n) is 4.48. The lowest BCUT2D eigenvalue weighted by Gasteiger charge is -2.26. The van der Waals surface area contributed by atoms with E-state index in [0.29, 0.717) is 19.6 Å². The van der Waals surface area contributed by atoms with Crippen LogP contribution >= 0.6 is 11.6 Å². The first-order valence-corrected chi connectivity index (χ1v) is 12.3. The molecule has 6 heteroatoms. The van der Waals surface area contributed by atoms with Crippen LogP contribution in [0.15, 0.2) is 18.2 Å². The van der Waals surface area contributed by atoms with Gasteiger partial charge in [-0.1, -0.05) is 42.7 Å². The van der Waals surface area contributed by atoms with Crippen LogP contribution in [0.1, 0.15) is 76.0 Å². The van der Waals surface area contributed by atoms with Gasteiger partial charge < -0.3 is 15.0 Å². The summed E-state index contributed by atoms with van der Waals surface area (Å²) in [7, 11) is 0. The van der Waals surface area contributed by atoms with Crippen LogP contribution in [-0.4, -0.2) is 42.1 Å². The molecule has 0 atom stereocenters. The van der Waals surface area contributed by atoms with Gasteiger partial charge >= 0.3 is 6.09 Å². The van der Waals surface area contributed by atoms with Gasteiger partial charge in [-0.15, -0.1) is 0 Å². The van der Waals surface area contributed by atoms with E-state index in [2.05, 4.69) is 23.5 Å². The minimum absolute atomic E-state index is 0.220. The van der Waals surface area contributed by atoms with Crippen LogP contribution in [0.25, 0.3) is 6.08 Å². The summed E-state index contributed by atoms with van der Waals surface area (Å²) in [6.45, 7) is 7.65. The third-order valence-corrected chi connectivity index (χ3v) is 6.52. The number of unbranched alkanes of at least 4 members (excludes halogenated alkanes) is 1. The molecule has 1 heterocycles. The molecule has 1 aromatic carbocycles. The normalized spacial score (nSPS) is 17.3. The number of ether oxygens (including phenoxy) is 1. The minimum Gasteiger partial charge on any atom is -0.444 e. The summed E-state index contributed by atoms with van der Waals surface area (Å²) >= 11 is 6.54. The SMILES string of the molecule is CC(C)(C)OC(=O)N1CCc2ccc(Cl)c(/C=C/CCCNC(=O)C3CCCC3)c2CC1. The van der Waals surface area contributed by atoms with E-state index in [1.54, 1.807) is 4.90 Å². The Hall–Kier alpha value is -2.01. The number of nitrogens with zero attached hydrogens (tertiary/aromatic N) is 1. The molecule has 1 aliphatic carbocycles. The fraction of sp³-hybridized carbons (Fsp3) is 0.615. The lowest BCUT2D eigenvalue weighted by Crippen LogP contribution is -2.38. The number of amides is 2. The van der Waals surface area contributed by atoms with Gasteiger partial charge in [0.25, 0.3) is 0 Å². The minimum atomic E-state index is -0.496. The average Bonchev–Trinajstić information content (AvgIpc) is 3.17. The molecule has 0 spiro atoms. The smallest absolute Gasteiger partial charge is 0.410 e. The highest BCUT2D eigenvalue weighted by molar-refractivity contribution is 6.32. The molecule has 0 bridgehead atoms. The third kappa shape index (κ3) is 6.99. The second-order valence-corrected chi connectivity index (χ2v) is 10.3. The number of hydrogen-bond donors (Lipinski definition) is 1.